The van der Waals surface area contributed by atoms with Crippen LogP contribution >= 0.6 is 0 Å². The SMILES string of the molecule is COc1c(/C=C(\C)C(=O)N=C(N)N)cc(C)cc1/C=C(\C)C(=O)N=C(N)N. The molecule has 0 aliphatic carbocycles. The minimum absolute atomic E-state index is 0.315. The molecule has 0 aliphatic heterocycles. The van der Waals surface area contributed by atoms with E-state index in [1.807, 2.05) is 19.1 Å². The fraction of sp³-hybridized carbons (Fsp3) is 0.222. The Bertz CT molecular complexity index is 806. The van der Waals surface area contributed by atoms with Crippen molar-refractivity contribution in [3.8, 4) is 5.75 Å². The summed E-state index contributed by atoms with van der Waals surface area (Å²) >= 11 is 0. The molecule has 144 valence electrons. The first-order valence-corrected chi connectivity index (χ1v) is 7.88. The summed E-state index contributed by atoms with van der Waals surface area (Å²) in [7, 11) is 1.49. The second-order valence-corrected chi connectivity index (χ2v) is 5.81. The maximum Gasteiger partial charge on any atom is 0.275 e. The Balaban J connectivity index is 3.47. The van der Waals surface area contributed by atoms with Gasteiger partial charge in [0.2, 0.25) is 0 Å². The van der Waals surface area contributed by atoms with Crippen molar-refractivity contribution in [3.63, 3.8) is 0 Å². The summed E-state index contributed by atoms with van der Waals surface area (Å²) < 4.78 is 5.47. The van der Waals surface area contributed by atoms with Crippen LogP contribution < -0.4 is 27.7 Å². The number of amides is 2. The third-order valence-corrected chi connectivity index (χ3v) is 3.37. The first-order chi connectivity index (χ1) is 12.5. The zero-order valence-corrected chi connectivity index (χ0v) is 15.7. The molecule has 27 heavy (non-hydrogen) atoms. The third-order valence-electron chi connectivity index (χ3n) is 3.37. The zero-order chi connectivity index (χ0) is 20.7. The number of rotatable bonds is 5. The molecule has 0 heterocycles. The molecule has 9 nitrogen and oxygen atoms in total. The van der Waals surface area contributed by atoms with E-state index < -0.39 is 11.8 Å². The van der Waals surface area contributed by atoms with Gasteiger partial charge < -0.3 is 27.7 Å². The van der Waals surface area contributed by atoms with Gasteiger partial charge in [0.05, 0.1) is 7.11 Å². The molecule has 0 unspecified atom stereocenters. The monoisotopic (exact) mass is 372 g/mol. The van der Waals surface area contributed by atoms with Crippen LogP contribution in [0.1, 0.15) is 30.5 Å². The molecule has 0 bridgehead atoms. The van der Waals surface area contributed by atoms with Gasteiger partial charge in [-0.3, -0.25) is 9.59 Å². The maximum atomic E-state index is 11.9. The normalized spacial score (nSPS) is 11.6. The van der Waals surface area contributed by atoms with E-state index in [1.165, 1.54) is 7.11 Å². The minimum Gasteiger partial charge on any atom is -0.496 e. The lowest BCUT2D eigenvalue weighted by Gasteiger charge is -2.12. The molecule has 0 radical (unpaired) electrons. The fourth-order valence-corrected chi connectivity index (χ4v) is 2.28. The number of aryl methyl sites for hydroxylation is 1. The van der Waals surface area contributed by atoms with Crippen LogP contribution in [0.25, 0.3) is 12.2 Å². The molecule has 8 N–H and O–H groups in total. The van der Waals surface area contributed by atoms with Crippen LogP contribution in [0.2, 0.25) is 0 Å². The number of hydrogen-bond donors (Lipinski definition) is 4. The van der Waals surface area contributed by atoms with Crippen molar-refractivity contribution in [2.75, 3.05) is 7.11 Å². The zero-order valence-electron chi connectivity index (χ0n) is 15.7. The molecule has 9 heteroatoms. The van der Waals surface area contributed by atoms with Crippen LogP contribution in [-0.2, 0) is 9.59 Å². The molecule has 0 atom stereocenters. The average Bonchev–Trinajstić information content (AvgIpc) is 2.53. The number of nitrogens with zero attached hydrogens (tertiary/aromatic N) is 2. The smallest absolute Gasteiger partial charge is 0.275 e. The Labute approximate surface area is 157 Å². The lowest BCUT2D eigenvalue weighted by Crippen LogP contribution is -2.24. The van der Waals surface area contributed by atoms with Gasteiger partial charge in [-0.05, 0) is 50.6 Å². The van der Waals surface area contributed by atoms with Gasteiger partial charge in [0.25, 0.3) is 11.8 Å². The summed E-state index contributed by atoms with van der Waals surface area (Å²) in [5.41, 5.74) is 23.7. The van der Waals surface area contributed by atoms with Crippen LogP contribution in [0, 0.1) is 6.92 Å². The molecule has 1 aromatic rings. The Hall–Kier alpha value is -3.62. The molecule has 0 aliphatic rings. The molecule has 1 aromatic carbocycles. The Morgan fingerprint density at radius 3 is 1.56 bits per heavy atom. The Morgan fingerprint density at radius 1 is 0.889 bits per heavy atom. The summed E-state index contributed by atoms with van der Waals surface area (Å²) in [6.45, 7) is 5.04. The van der Waals surface area contributed by atoms with Crippen molar-refractivity contribution in [3.05, 3.63) is 40.0 Å². The van der Waals surface area contributed by atoms with E-state index in [2.05, 4.69) is 9.98 Å². The highest BCUT2D eigenvalue weighted by Crippen LogP contribution is 2.30. The number of methoxy groups -OCH3 is 1. The molecule has 0 spiro atoms. The highest BCUT2D eigenvalue weighted by Gasteiger charge is 2.12. The quantitative estimate of drug-likeness (QED) is 0.329. The number of guanidine groups is 2. The number of aliphatic imine (C=N–C) groups is 2. The molecule has 0 saturated heterocycles. The average molecular weight is 372 g/mol. The predicted octanol–water partition coefficient (Wildman–Crippen LogP) is 0.410. The molecule has 0 fully saturated rings. The summed E-state index contributed by atoms with van der Waals surface area (Å²) in [5, 5.41) is 0. The number of carbonyl (C=O) groups excluding carboxylic acids is 2. The Morgan fingerprint density at radius 2 is 1.26 bits per heavy atom. The highest BCUT2D eigenvalue weighted by molar-refractivity contribution is 6.05. The Kier molecular flexibility index (Phi) is 7.28. The maximum absolute atomic E-state index is 11.9. The van der Waals surface area contributed by atoms with E-state index in [9.17, 15) is 9.59 Å². The van der Waals surface area contributed by atoms with Crippen molar-refractivity contribution in [2.24, 2.45) is 32.9 Å². The standard InChI is InChI=1S/C18H24N6O3/c1-9-5-12(7-10(2)15(25)23-17(19)20)14(27-4)13(6-9)8-11(3)16(26)24-18(21)22/h5-8H,1-4H3,(H4,19,20,23,25)(H4,21,22,24,26)/b10-7+,11-8+. The van der Waals surface area contributed by atoms with Gasteiger partial charge in [-0.2, -0.15) is 9.98 Å². The summed E-state index contributed by atoms with van der Waals surface area (Å²) in [6.07, 6.45) is 3.20. The molecule has 0 aromatic heterocycles. The molecular weight excluding hydrogens is 348 g/mol. The third kappa shape index (κ3) is 6.31. The molecule has 2 amide bonds. The fourth-order valence-electron chi connectivity index (χ4n) is 2.28. The second-order valence-electron chi connectivity index (χ2n) is 5.81. The van der Waals surface area contributed by atoms with Crippen molar-refractivity contribution in [2.45, 2.75) is 20.8 Å². The van der Waals surface area contributed by atoms with Gasteiger partial charge in [-0.1, -0.05) is 0 Å². The lowest BCUT2D eigenvalue weighted by atomic mass is 10.0. The lowest BCUT2D eigenvalue weighted by molar-refractivity contribution is -0.115. The van der Waals surface area contributed by atoms with E-state index in [4.69, 9.17) is 27.7 Å². The van der Waals surface area contributed by atoms with Gasteiger partial charge in [-0.25, -0.2) is 0 Å². The summed E-state index contributed by atoms with van der Waals surface area (Å²) in [6, 6.07) is 3.66. The van der Waals surface area contributed by atoms with Gasteiger partial charge >= 0.3 is 0 Å². The number of nitrogens with two attached hydrogens (primary N) is 4. The van der Waals surface area contributed by atoms with Gasteiger partial charge in [0.1, 0.15) is 5.75 Å². The van der Waals surface area contributed by atoms with Crippen molar-refractivity contribution < 1.29 is 14.3 Å². The number of hydrogen-bond acceptors (Lipinski definition) is 3. The highest BCUT2D eigenvalue weighted by atomic mass is 16.5. The van der Waals surface area contributed by atoms with Crippen LogP contribution in [0.4, 0.5) is 0 Å². The number of carbonyl (C=O) groups is 2. The second kappa shape index (κ2) is 9.18. The molecule has 1 rings (SSSR count). The van der Waals surface area contributed by atoms with Gasteiger partial charge in [0.15, 0.2) is 11.9 Å². The number of ether oxygens (including phenoxy) is 1. The topological polar surface area (TPSA) is 172 Å². The molecule has 0 saturated carbocycles. The van der Waals surface area contributed by atoms with E-state index >= 15 is 0 Å². The summed E-state index contributed by atoms with van der Waals surface area (Å²) in [4.78, 5) is 30.9. The van der Waals surface area contributed by atoms with Gasteiger partial charge in [0, 0.05) is 22.3 Å². The van der Waals surface area contributed by atoms with Crippen LogP contribution in [0.15, 0.2) is 33.3 Å². The van der Waals surface area contributed by atoms with E-state index in [1.54, 1.807) is 26.0 Å². The minimum atomic E-state index is -0.560. The van der Waals surface area contributed by atoms with E-state index in [-0.39, 0.29) is 11.9 Å². The predicted molar refractivity (Wildman–Crippen MR) is 107 cm³/mol. The first-order valence-electron chi connectivity index (χ1n) is 7.88. The largest absolute Gasteiger partial charge is 0.496 e. The number of benzene rings is 1. The van der Waals surface area contributed by atoms with E-state index in [0.717, 1.165) is 5.56 Å². The van der Waals surface area contributed by atoms with Crippen LogP contribution in [-0.4, -0.2) is 30.8 Å². The van der Waals surface area contributed by atoms with Crippen LogP contribution in [0.5, 0.6) is 5.75 Å². The molecular formula is C18H24N6O3. The van der Waals surface area contributed by atoms with Crippen molar-refractivity contribution in [1.82, 2.24) is 0 Å². The van der Waals surface area contributed by atoms with Crippen molar-refractivity contribution >= 4 is 35.9 Å². The van der Waals surface area contributed by atoms with Crippen LogP contribution in [0.3, 0.4) is 0 Å². The van der Waals surface area contributed by atoms with Crippen molar-refractivity contribution in [1.29, 1.82) is 0 Å². The van der Waals surface area contributed by atoms with Gasteiger partial charge in [-0.15, -0.1) is 0 Å². The summed E-state index contributed by atoms with van der Waals surface area (Å²) in [5.74, 6) is -1.29. The van der Waals surface area contributed by atoms with E-state index in [0.29, 0.717) is 28.0 Å². The first kappa shape index (κ1) is 21.4.